The number of pyridine rings is 1. The first-order chi connectivity index (χ1) is 10.3. The van der Waals surface area contributed by atoms with Gasteiger partial charge in [-0.15, -0.1) is 0 Å². The van der Waals surface area contributed by atoms with Gasteiger partial charge in [0.1, 0.15) is 12.6 Å². The molecule has 0 bridgehead atoms. The molecule has 0 aliphatic carbocycles. The maximum Gasteiger partial charge on any atom is 0.323 e. The van der Waals surface area contributed by atoms with Gasteiger partial charge in [0, 0.05) is 24.3 Å². The summed E-state index contributed by atoms with van der Waals surface area (Å²) < 4.78 is 1.28. The van der Waals surface area contributed by atoms with Gasteiger partial charge in [0.25, 0.3) is 5.56 Å². The van der Waals surface area contributed by atoms with E-state index in [1.807, 2.05) is 0 Å². The van der Waals surface area contributed by atoms with Crippen molar-refractivity contribution in [3.63, 3.8) is 0 Å². The molecule has 3 N–H and O–H groups in total. The Kier molecular flexibility index (Phi) is 4.16. The lowest BCUT2D eigenvalue weighted by molar-refractivity contribution is -0.135. The summed E-state index contributed by atoms with van der Waals surface area (Å²) in [4.78, 5) is 35.9. The first kappa shape index (κ1) is 15.6. The van der Waals surface area contributed by atoms with E-state index in [0.717, 1.165) is 0 Å². The molecule has 0 radical (unpaired) electrons. The van der Waals surface area contributed by atoms with Gasteiger partial charge in [-0.05, 0) is 36.6 Å². The maximum absolute atomic E-state index is 12.4. The summed E-state index contributed by atoms with van der Waals surface area (Å²) in [7, 11) is 1.66. The lowest BCUT2D eigenvalue weighted by Crippen LogP contribution is -2.31. The van der Waals surface area contributed by atoms with E-state index in [-0.39, 0.29) is 12.1 Å². The number of primary amides is 1. The van der Waals surface area contributed by atoms with Crippen molar-refractivity contribution in [3.05, 3.63) is 40.8 Å². The number of rotatable bonds is 5. The minimum atomic E-state index is -0.937. The topological polar surface area (TPSA) is 106 Å². The summed E-state index contributed by atoms with van der Waals surface area (Å²) in [6, 6.07) is 6.00. The molecule has 2 aromatic rings. The molecule has 116 valence electrons. The second-order valence-electron chi connectivity index (χ2n) is 5.13. The molecule has 0 saturated heterocycles. The van der Waals surface area contributed by atoms with Crippen LogP contribution in [0.2, 0.25) is 0 Å². The molecular formula is C15H17N3O4. The number of nitrogens with zero attached hydrogens (tertiary/aromatic N) is 2. The van der Waals surface area contributed by atoms with Gasteiger partial charge in [-0.1, -0.05) is 0 Å². The predicted molar refractivity (Wildman–Crippen MR) is 83.0 cm³/mol. The van der Waals surface area contributed by atoms with Crippen molar-refractivity contribution in [1.82, 2.24) is 4.57 Å². The Morgan fingerprint density at radius 1 is 1.36 bits per heavy atom. The molecule has 1 aromatic carbocycles. The van der Waals surface area contributed by atoms with Gasteiger partial charge in [-0.2, -0.15) is 0 Å². The summed E-state index contributed by atoms with van der Waals surface area (Å²) in [5, 5.41) is 9.93. The Labute approximate surface area is 126 Å². The average molecular weight is 303 g/mol. The first-order valence-electron chi connectivity index (χ1n) is 6.68. The molecule has 1 unspecified atom stereocenters. The van der Waals surface area contributed by atoms with Crippen LogP contribution in [0.1, 0.15) is 13.0 Å². The zero-order valence-electron chi connectivity index (χ0n) is 12.3. The number of carbonyl (C=O) groups excluding carboxylic acids is 1. The summed E-state index contributed by atoms with van der Waals surface area (Å²) in [5.74, 6) is -1.52. The summed E-state index contributed by atoms with van der Waals surface area (Å²) in [6.07, 6.45) is 1.51. The highest BCUT2D eigenvalue weighted by Crippen LogP contribution is 2.19. The Balaban J connectivity index is 2.49. The molecular weight excluding hydrogens is 286 g/mol. The molecule has 0 spiro atoms. The van der Waals surface area contributed by atoms with Gasteiger partial charge in [-0.25, -0.2) is 0 Å². The number of nitrogens with two attached hydrogens (primary N) is 1. The molecule has 0 aliphatic rings. The highest BCUT2D eigenvalue weighted by Gasteiger charge is 2.14. The zero-order valence-corrected chi connectivity index (χ0v) is 12.3. The number of carbonyl (C=O) groups is 2. The number of benzene rings is 1. The van der Waals surface area contributed by atoms with E-state index in [2.05, 4.69) is 0 Å². The monoisotopic (exact) mass is 303 g/mol. The van der Waals surface area contributed by atoms with Gasteiger partial charge in [0.05, 0.1) is 0 Å². The smallest absolute Gasteiger partial charge is 0.323 e. The van der Waals surface area contributed by atoms with Crippen LogP contribution in [0.4, 0.5) is 5.69 Å². The van der Waals surface area contributed by atoms with Crippen LogP contribution in [0, 0.1) is 0 Å². The number of aromatic nitrogens is 1. The molecule has 7 nitrogen and oxygen atoms in total. The SMILES string of the molecule is CC(C(N)=O)n1ccc2cc(N(C)CC(=O)O)ccc2c1=O. The van der Waals surface area contributed by atoms with Crippen LogP contribution in [-0.4, -0.2) is 35.1 Å². The molecule has 1 aromatic heterocycles. The maximum atomic E-state index is 12.4. The average Bonchev–Trinajstić information content (AvgIpc) is 2.45. The van der Waals surface area contributed by atoms with Gasteiger partial charge >= 0.3 is 5.97 Å². The van der Waals surface area contributed by atoms with Crippen molar-refractivity contribution in [2.45, 2.75) is 13.0 Å². The van der Waals surface area contributed by atoms with Crippen LogP contribution < -0.4 is 16.2 Å². The quantitative estimate of drug-likeness (QED) is 0.840. The van der Waals surface area contributed by atoms with Crippen LogP contribution in [0.3, 0.4) is 0 Å². The van der Waals surface area contributed by atoms with Crippen LogP contribution in [0.5, 0.6) is 0 Å². The second kappa shape index (κ2) is 5.88. The fourth-order valence-electron chi connectivity index (χ4n) is 2.22. The zero-order chi connectivity index (χ0) is 16.4. The third-order valence-electron chi connectivity index (χ3n) is 3.56. The molecule has 1 atom stereocenters. The number of fused-ring (bicyclic) bond motifs is 1. The van der Waals surface area contributed by atoms with E-state index in [1.54, 1.807) is 43.1 Å². The summed E-state index contributed by atoms with van der Waals surface area (Å²) in [6.45, 7) is 1.42. The van der Waals surface area contributed by atoms with E-state index in [9.17, 15) is 14.4 Å². The molecule has 0 saturated carbocycles. The number of likely N-dealkylation sites (N-methyl/N-ethyl adjacent to an activating group) is 1. The lowest BCUT2D eigenvalue weighted by Gasteiger charge is -2.18. The van der Waals surface area contributed by atoms with Crippen LogP contribution >= 0.6 is 0 Å². The number of hydrogen-bond acceptors (Lipinski definition) is 4. The Morgan fingerprint density at radius 3 is 2.64 bits per heavy atom. The first-order valence-corrected chi connectivity index (χ1v) is 6.68. The Bertz CT molecular complexity index is 797. The van der Waals surface area contributed by atoms with Crippen molar-refractivity contribution in [2.24, 2.45) is 5.73 Å². The van der Waals surface area contributed by atoms with E-state index in [1.165, 1.54) is 10.8 Å². The molecule has 7 heteroatoms. The van der Waals surface area contributed by atoms with Crippen molar-refractivity contribution >= 4 is 28.3 Å². The Hall–Kier alpha value is -2.83. The van der Waals surface area contributed by atoms with Crippen LogP contribution in [-0.2, 0) is 9.59 Å². The van der Waals surface area contributed by atoms with E-state index >= 15 is 0 Å². The normalized spacial score (nSPS) is 12.1. The summed E-state index contributed by atoms with van der Waals surface area (Å²) >= 11 is 0. The number of amides is 1. The molecule has 2 rings (SSSR count). The number of hydrogen-bond donors (Lipinski definition) is 2. The molecule has 0 aliphatic heterocycles. The Morgan fingerprint density at radius 2 is 2.05 bits per heavy atom. The minimum absolute atomic E-state index is 0.138. The molecule has 1 amide bonds. The number of aliphatic carboxylic acids is 1. The van der Waals surface area contributed by atoms with E-state index in [4.69, 9.17) is 10.8 Å². The van der Waals surface area contributed by atoms with Gasteiger partial charge in [0.15, 0.2) is 0 Å². The van der Waals surface area contributed by atoms with Gasteiger partial charge in [0.2, 0.25) is 5.91 Å². The highest BCUT2D eigenvalue weighted by atomic mass is 16.4. The van der Waals surface area contributed by atoms with Gasteiger partial charge < -0.3 is 20.3 Å². The van der Waals surface area contributed by atoms with Crippen molar-refractivity contribution in [2.75, 3.05) is 18.5 Å². The predicted octanol–water partition coefficient (Wildman–Crippen LogP) is 0.569. The third kappa shape index (κ3) is 2.93. The molecule has 22 heavy (non-hydrogen) atoms. The van der Waals surface area contributed by atoms with Crippen LogP contribution in [0.15, 0.2) is 35.3 Å². The minimum Gasteiger partial charge on any atom is -0.480 e. The van der Waals surface area contributed by atoms with E-state index < -0.39 is 17.9 Å². The summed E-state index contributed by atoms with van der Waals surface area (Å²) in [5.41, 5.74) is 5.61. The number of carboxylic acid groups (broad SMARTS) is 1. The van der Waals surface area contributed by atoms with Gasteiger partial charge in [-0.3, -0.25) is 14.4 Å². The number of anilines is 1. The highest BCUT2D eigenvalue weighted by molar-refractivity contribution is 5.86. The standard InChI is InChI=1S/C15H17N3O4/c1-9(14(16)21)18-6-5-10-7-11(17(2)8-13(19)20)3-4-12(10)15(18)22/h3-7,9H,8H2,1-2H3,(H2,16,21)(H,19,20). The largest absolute Gasteiger partial charge is 0.480 e. The fraction of sp³-hybridized carbons (Fsp3) is 0.267. The molecule has 1 heterocycles. The van der Waals surface area contributed by atoms with Crippen LogP contribution in [0.25, 0.3) is 10.8 Å². The fourth-order valence-corrected chi connectivity index (χ4v) is 2.22. The van der Waals surface area contributed by atoms with E-state index in [0.29, 0.717) is 16.5 Å². The van der Waals surface area contributed by atoms with Crippen molar-refractivity contribution in [3.8, 4) is 0 Å². The third-order valence-corrected chi connectivity index (χ3v) is 3.56. The molecule has 0 fully saturated rings. The number of carboxylic acids is 1. The lowest BCUT2D eigenvalue weighted by atomic mass is 10.1. The van der Waals surface area contributed by atoms with Crippen molar-refractivity contribution < 1.29 is 14.7 Å². The second-order valence-corrected chi connectivity index (χ2v) is 5.13. The van der Waals surface area contributed by atoms with Crippen molar-refractivity contribution in [1.29, 1.82) is 0 Å².